The molecule has 5 aliphatic rings. The van der Waals surface area contributed by atoms with Crippen LogP contribution in [-0.4, -0.2) is 152 Å². The molecule has 4 heterocycles. The number of carbonyl (C=O) groups excluding carboxylic acids is 5. The van der Waals surface area contributed by atoms with Gasteiger partial charge in [-0.25, -0.2) is 4.79 Å². The number of hydrogen-bond acceptors (Lipinski definition) is 15. The van der Waals surface area contributed by atoms with Crippen LogP contribution in [0.2, 0.25) is 0 Å². The van der Waals surface area contributed by atoms with E-state index in [0.717, 1.165) is 24.8 Å². The number of aliphatic hydroxyl groups is 2. The highest BCUT2D eigenvalue weighted by Crippen LogP contribution is 2.42. The van der Waals surface area contributed by atoms with Crippen molar-refractivity contribution in [3.05, 3.63) is 47.6 Å². The number of carbonyl (C=O) groups is 5. The average molecular weight is 1100 g/mol. The number of methoxy groups -OCH3 is 3. The number of nitrogens with zero attached hydrogens (tertiary/aromatic N) is 1. The van der Waals surface area contributed by atoms with Crippen LogP contribution >= 0.6 is 0 Å². The van der Waals surface area contributed by atoms with Crippen molar-refractivity contribution in [1.82, 2.24) is 4.90 Å². The van der Waals surface area contributed by atoms with E-state index in [-0.39, 0.29) is 92.1 Å². The van der Waals surface area contributed by atoms with Crippen molar-refractivity contribution in [2.75, 3.05) is 34.5 Å². The van der Waals surface area contributed by atoms with E-state index >= 15 is 9.59 Å². The molecule has 1 saturated carbocycles. The van der Waals surface area contributed by atoms with Crippen molar-refractivity contribution in [3.63, 3.8) is 0 Å². The second-order valence-corrected chi connectivity index (χ2v) is 23.7. The number of rotatable bonds is 12. The number of allylic oxidation sites excluding steroid dienone is 6. The molecule has 442 valence electrons. The molecule has 0 aromatic heterocycles. The maximum Gasteiger partial charge on any atom is 0.329 e. The Morgan fingerprint density at radius 1 is 0.795 bits per heavy atom. The Balaban J connectivity index is 1.52. The number of cyclic esters (lactones) is 1. The molecule has 0 radical (unpaired) electrons. The number of aliphatic hydroxyl groups excluding tert-OH is 2. The molecule has 0 aromatic rings. The number of esters is 1. The van der Waals surface area contributed by atoms with E-state index in [9.17, 15) is 24.6 Å². The fraction of sp³-hybridized carbons (Fsp3) is 0.790. The van der Waals surface area contributed by atoms with Gasteiger partial charge in [-0.15, -0.1) is 0 Å². The lowest BCUT2D eigenvalue weighted by Crippen LogP contribution is -2.63. The van der Waals surface area contributed by atoms with Gasteiger partial charge in [0.1, 0.15) is 24.0 Å². The molecule has 16 heteroatoms. The van der Waals surface area contributed by atoms with Crippen LogP contribution in [0.3, 0.4) is 0 Å². The van der Waals surface area contributed by atoms with Gasteiger partial charge in [-0.1, -0.05) is 78.0 Å². The number of ketones is 3. The first kappa shape index (κ1) is 65.4. The number of amides is 1. The summed E-state index contributed by atoms with van der Waals surface area (Å²) < 4.78 is 50.2. The van der Waals surface area contributed by atoms with Crippen molar-refractivity contribution in [2.45, 2.75) is 245 Å². The molecule has 4 aliphatic heterocycles. The fourth-order valence-corrected chi connectivity index (χ4v) is 12.3. The van der Waals surface area contributed by atoms with Gasteiger partial charge >= 0.3 is 5.97 Å². The number of Topliss-reactive ketones (excluding diaryl/α,β-unsaturated/α-hetero) is 3. The first-order chi connectivity index (χ1) is 37.2. The Morgan fingerprint density at radius 3 is 2.22 bits per heavy atom. The molecule has 78 heavy (non-hydrogen) atoms. The van der Waals surface area contributed by atoms with Gasteiger partial charge in [0.15, 0.2) is 12.1 Å². The molecule has 1 amide bonds. The summed E-state index contributed by atoms with van der Waals surface area (Å²) in [7, 11) is 4.76. The van der Waals surface area contributed by atoms with Gasteiger partial charge in [0, 0.05) is 64.9 Å². The van der Waals surface area contributed by atoms with Crippen LogP contribution < -0.4 is 0 Å². The monoisotopic (exact) mass is 1100 g/mol. The Bertz CT molecular complexity index is 2070. The van der Waals surface area contributed by atoms with Crippen LogP contribution in [0.4, 0.5) is 0 Å². The van der Waals surface area contributed by atoms with Crippen molar-refractivity contribution >= 4 is 29.2 Å². The molecule has 18 atom stereocenters. The maximum absolute atomic E-state index is 15.3. The molecule has 0 spiro atoms. The second-order valence-electron chi connectivity index (χ2n) is 23.7. The molecule has 16 nitrogen and oxygen atoms in total. The quantitative estimate of drug-likeness (QED) is 0.106. The Morgan fingerprint density at radius 2 is 1.54 bits per heavy atom. The summed E-state index contributed by atoms with van der Waals surface area (Å²) in [5, 5.41) is 21.3. The van der Waals surface area contributed by atoms with Crippen molar-refractivity contribution in [1.29, 1.82) is 0 Å². The zero-order valence-electron chi connectivity index (χ0n) is 49.4. The van der Waals surface area contributed by atoms with Crippen LogP contribution in [-0.2, 0) is 61.9 Å². The fourth-order valence-electron chi connectivity index (χ4n) is 12.3. The third kappa shape index (κ3) is 18.0. The SMILES string of the molecule is CC[C@@H](CO)O[C@@H]1CC[C@@H](C[C@@H](C)C2CC(=O)[C@H](C)/C=C(\C)[C@@H](O)C[C@@H](OC)C(=O)[C@H](C)C[C@H](C)/C=C/C=C/C=C(\C)[C@@H](OC)C[C@@H]3CC[C@@H](C)[C@@](O[C@H]4CCC[C@@H](C)O4)(O3)C(=O)C(=O)N3CCCC[C@H]3C(=O)O2)C[C@H]1OC. The normalized spacial score (nSPS) is 39.3. The third-order valence-corrected chi connectivity index (χ3v) is 17.5. The molecule has 4 fully saturated rings. The lowest BCUT2D eigenvalue weighted by molar-refractivity contribution is -0.346. The summed E-state index contributed by atoms with van der Waals surface area (Å²) in [5.74, 6) is -6.57. The van der Waals surface area contributed by atoms with E-state index < -0.39 is 78.1 Å². The number of ether oxygens (including phenoxy) is 8. The van der Waals surface area contributed by atoms with Gasteiger partial charge in [0.05, 0.1) is 49.3 Å². The number of hydrogen-bond donors (Lipinski definition) is 2. The van der Waals surface area contributed by atoms with Crippen LogP contribution in [0, 0.1) is 35.5 Å². The van der Waals surface area contributed by atoms with Crippen LogP contribution in [0.25, 0.3) is 0 Å². The molecule has 2 bridgehead atoms. The molecular formula is C62H99NO15. The first-order valence-corrected chi connectivity index (χ1v) is 29.5. The highest BCUT2D eigenvalue weighted by molar-refractivity contribution is 6.39. The van der Waals surface area contributed by atoms with Gasteiger partial charge < -0.3 is 53.0 Å². The molecule has 2 N–H and O–H groups in total. The Kier molecular flexibility index (Phi) is 26.5. The van der Waals surface area contributed by atoms with Crippen LogP contribution in [0.5, 0.6) is 0 Å². The van der Waals surface area contributed by atoms with Gasteiger partial charge in [0.2, 0.25) is 5.79 Å². The van der Waals surface area contributed by atoms with Crippen molar-refractivity contribution in [2.24, 2.45) is 35.5 Å². The van der Waals surface area contributed by atoms with Crippen LogP contribution in [0.15, 0.2) is 47.6 Å². The van der Waals surface area contributed by atoms with E-state index in [0.29, 0.717) is 76.2 Å². The minimum Gasteiger partial charge on any atom is -0.460 e. The topological polar surface area (TPSA) is 203 Å². The van der Waals surface area contributed by atoms with Gasteiger partial charge in [-0.2, -0.15) is 0 Å². The summed E-state index contributed by atoms with van der Waals surface area (Å²) in [4.78, 5) is 74.8. The van der Waals surface area contributed by atoms with Crippen LogP contribution in [0.1, 0.15) is 171 Å². The van der Waals surface area contributed by atoms with Crippen molar-refractivity contribution < 1.29 is 72.1 Å². The minimum absolute atomic E-state index is 0.0157. The highest BCUT2D eigenvalue weighted by atomic mass is 16.8. The van der Waals surface area contributed by atoms with Gasteiger partial charge in [-0.3, -0.25) is 19.2 Å². The largest absolute Gasteiger partial charge is 0.460 e. The molecule has 5 rings (SSSR count). The molecule has 1 aliphatic carbocycles. The van der Waals surface area contributed by atoms with E-state index in [4.69, 9.17) is 37.9 Å². The summed E-state index contributed by atoms with van der Waals surface area (Å²) >= 11 is 0. The minimum atomic E-state index is -2.02. The number of fused-ring (bicyclic) bond motifs is 3. The van der Waals surface area contributed by atoms with Gasteiger partial charge in [-0.05, 0) is 140 Å². The summed E-state index contributed by atoms with van der Waals surface area (Å²) in [6.07, 6.45) is 15.0. The summed E-state index contributed by atoms with van der Waals surface area (Å²) in [5.41, 5.74) is 1.43. The van der Waals surface area contributed by atoms with E-state index in [1.165, 1.54) is 12.0 Å². The van der Waals surface area contributed by atoms with E-state index in [1.54, 1.807) is 34.1 Å². The molecule has 3 saturated heterocycles. The lowest BCUT2D eigenvalue weighted by atomic mass is 9.78. The second kappa shape index (κ2) is 31.7. The third-order valence-electron chi connectivity index (χ3n) is 17.5. The smallest absolute Gasteiger partial charge is 0.329 e. The van der Waals surface area contributed by atoms with Crippen molar-refractivity contribution in [3.8, 4) is 0 Å². The summed E-state index contributed by atoms with van der Waals surface area (Å²) in [6, 6.07) is -1.12. The molecule has 0 aromatic carbocycles. The predicted molar refractivity (Wildman–Crippen MR) is 297 cm³/mol. The molecule has 1 unspecified atom stereocenters. The summed E-state index contributed by atoms with van der Waals surface area (Å²) in [6.45, 7) is 17.2. The standard InChI is InChI=1S/C62H99NO15/c1-13-47(37-64)75-52-28-26-46(33-55(52)72-11)32-42(6)54-35-50(65)40(4)31-41(5)51(66)36-56(73-12)58(67)43(7)30-38(2)20-15-14-16-21-39(3)53(71-10)34-48-27-25-44(8)62(77-48,78-57-24-19-22-45(9)74-57)59(68)60(69)63-29-18-17-23-49(63)61(70)76-54/h14-16,20-21,31,38,40,42-49,51-57,64,66H,13,17-19,22-30,32-37H2,1-12H3/b16-14+,20-15+,39-21+,41-31+/t38-,40-,42-,43-,44-,45-,46+,47+,48+,49+,51+,52-,53+,54?,55-,56-,57+,62+/m1/s1. The van der Waals surface area contributed by atoms with Gasteiger partial charge in [0.25, 0.3) is 11.7 Å². The Labute approximate surface area is 466 Å². The molecular weight excluding hydrogens is 999 g/mol. The lowest BCUT2D eigenvalue weighted by Gasteiger charge is -2.47. The predicted octanol–water partition coefficient (Wildman–Crippen LogP) is 9.31. The zero-order chi connectivity index (χ0) is 57.3. The number of piperidine rings is 1. The van der Waals surface area contributed by atoms with E-state index in [2.05, 4.69) is 0 Å². The van der Waals surface area contributed by atoms with E-state index in [1.807, 2.05) is 78.8 Å². The average Bonchev–Trinajstić information content (AvgIpc) is 3.47. The Hall–Kier alpha value is -3.45. The first-order valence-electron chi connectivity index (χ1n) is 29.5. The maximum atomic E-state index is 15.3. The zero-order valence-corrected chi connectivity index (χ0v) is 49.4. The highest BCUT2D eigenvalue weighted by Gasteiger charge is 2.57.